The van der Waals surface area contributed by atoms with Crippen molar-refractivity contribution in [1.82, 2.24) is 15.2 Å². The third-order valence-corrected chi connectivity index (χ3v) is 3.46. The molecule has 2 heterocycles. The summed E-state index contributed by atoms with van der Waals surface area (Å²) in [5.74, 6) is 1.16. The van der Waals surface area contributed by atoms with Gasteiger partial charge in [0.15, 0.2) is 0 Å². The quantitative estimate of drug-likeness (QED) is 0.471. The van der Waals surface area contributed by atoms with Gasteiger partial charge in [0.1, 0.15) is 5.82 Å². The van der Waals surface area contributed by atoms with E-state index in [1.165, 1.54) is 6.07 Å². The molecule has 0 saturated carbocycles. The SMILES string of the molecule is CC(C)CNc1nc(Nc2ccc3[nH]ncc3c2)ccc1[N+](=O)[O-]. The molecule has 1 aromatic carbocycles. The topological polar surface area (TPSA) is 109 Å². The highest BCUT2D eigenvalue weighted by Crippen LogP contribution is 2.26. The molecule has 0 spiro atoms. The van der Waals surface area contributed by atoms with E-state index in [1.807, 2.05) is 32.0 Å². The number of rotatable bonds is 6. The fourth-order valence-corrected chi connectivity index (χ4v) is 2.27. The molecule has 8 heteroatoms. The number of nitrogens with zero attached hydrogens (tertiary/aromatic N) is 3. The van der Waals surface area contributed by atoms with E-state index in [2.05, 4.69) is 25.8 Å². The van der Waals surface area contributed by atoms with Gasteiger partial charge < -0.3 is 10.6 Å². The van der Waals surface area contributed by atoms with Crippen molar-refractivity contribution in [3.63, 3.8) is 0 Å². The summed E-state index contributed by atoms with van der Waals surface area (Å²) in [6, 6.07) is 8.79. The molecule has 0 radical (unpaired) electrons. The number of aromatic amines is 1. The molecule has 3 N–H and O–H groups in total. The highest BCUT2D eigenvalue weighted by Gasteiger charge is 2.16. The average molecular weight is 326 g/mol. The van der Waals surface area contributed by atoms with Crippen LogP contribution in [-0.4, -0.2) is 26.6 Å². The Hall–Kier alpha value is -3.16. The summed E-state index contributed by atoms with van der Waals surface area (Å²) in [6.45, 7) is 4.67. The fourth-order valence-electron chi connectivity index (χ4n) is 2.27. The van der Waals surface area contributed by atoms with Gasteiger partial charge in [-0.1, -0.05) is 13.8 Å². The Bertz CT molecular complexity index is 874. The molecule has 2 aromatic heterocycles. The largest absolute Gasteiger partial charge is 0.364 e. The molecule has 3 rings (SSSR count). The molecule has 3 aromatic rings. The van der Waals surface area contributed by atoms with Gasteiger partial charge in [0.05, 0.1) is 16.6 Å². The maximum absolute atomic E-state index is 11.1. The number of H-pyrrole nitrogens is 1. The predicted molar refractivity (Wildman–Crippen MR) is 93.6 cm³/mol. The first kappa shape index (κ1) is 15.7. The number of fused-ring (bicyclic) bond motifs is 1. The summed E-state index contributed by atoms with van der Waals surface area (Å²) in [5, 5.41) is 25.2. The molecule has 0 fully saturated rings. The Labute approximate surface area is 138 Å². The predicted octanol–water partition coefficient (Wildman–Crippen LogP) is 3.68. The lowest BCUT2D eigenvalue weighted by atomic mass is 10.2. The lowest BCUT2D eigenvalue weighted by molar-refractivity contribution is -0.384. The molecule has 0 amide bonds. The van der Waals surface area contributed by atoms with Crippen molar-refractivity contribution < 1.29 is 4.92 Å². The summed E-state index contributed by atoms with van der Waals surface area (Å²) < 4.78 is 0. The van der Waals surface area contributed by atoms with Gasteiger partial charge in [-0.3, -0.25) is 15.2 Å². The number of hydrogen-bond acceptors (Lipinski definition) is 6. The van der Waals surface area contributed by atoms with E-state index in [0.717, 1.165) is 16.6 Å². The lowest BCUT2D eigenvalue weighted by Crippen LogP contribution is -2.11. The minimum atomic E-state index is -0.434. The zero-order valence-corrected chi connectivity index (χ0v) is 13.4. The van der Waals surface area contributed by atoms with Gasteiger partial charge in [-0.25, -0.2) is 4.98 Å². The van der Waals surface area contributed by atoms with Crippen LogP contribution in [0.3, 0.4) is 0 Å². The normalized spacial score (nSPS) is 11.0. The van der Waals surface area contributed by atoms with Crippen LogP contribution in [0.1, 0.15) is 13.8 Å². The number of nitro groups is 1. The second-order valence-electron chi connectivity index (χ2n) is 5.89. The van der Waals surface area contributed by atoms with Crippen molar-refractivity contribution in [1.29, 1.82) is 0 Å². The van der Waals surface area contributed by atoms with Crippen LogP contribution in [0.2, 0.25) is 0 Å². The molecular formula is C16H18N6O2. The van der Waals surface area contributed by atoms with Gasteiger partial charge in [-0.2, -0.15) is 5.10 Å². The maximum Gasteiger partial charge on any atom is 0.311 e. The number of benzene rings is 1. The minimum absolute atomic E-state index is 0.0357. The van der Waals surface area contributed by atoms with Crippen molar-refractivity contribution in [2.75, 3.05) is 17.2 Å². The molecule has 0 atom stereocenters. The highest BCUT2D eigenvalue weighted by atomic mass is 16.6. The van der Waals surface area contributed by atoms with Crippen LogP contribution in [0.5, 0.6) is 0 Å². The molecular weight excluding hydrogens is 308 g/mol. The Kier molecular flexibility index (Phi) is 4.28. The van der Waals surface area contributed by atoms with Gasteiger partial charge in [0.25, 0.3) is 0 Å². The molecule has 0 aliphatic rings. The number of hydrogen-bond donors (Lipinski definition) is 3. The van der Waals surface area contributed by atoms with E-state index in [-0.39, 0.29) is 11.5 Å². The summed E-state index contributed by atoms with van der Waals surface area (Å²) in [4.78, 5) is 15.1. The van der Waals surface area contributed by atoms with Gasteiger partial charge in [0.2, 0.25) is 5.82 Å². The van der Waals surface area contributed by atoms with E-state index in [0.29, 0.717) is 18.3 Å². The first-order valence-electron chi connectivity index (χ1n) is 7.62. The molecule has 24 heavy (non-hydrogen) atoms. The second-order valence-corrected chi connectivity index (χ2v) is 5.89. The smallest absolute Gasteiger partial charge is 0.311 e. The van der Waals surface area contributed by atoms with Crippen LogP contribution in [0.4, 0.5) is 23.0 Å². The van der Waals surface area contributed by atoms with Crippen LogP contribution in [0.25, 0.3) is 10.9 Å². The molecule has 0 bridgehead atoms. The van der Waals surface area contributed by atoms with Crippen molar-refractivity contribution in [3.05, 3.63) is 46.6 Å². The maximum atomic E-state index is 11.1. The number of pyridine rings is 1. The molecule has 0 aliphatic heterocycles. The van der Waals surface area contributed by atoms with Crippen LogP contribution >= 0.6 is 0 Å². The van der Waals surface area contributed by atoms with Crippen LogP contribution < -0.4 is 10.6 Å². The number of aromatic nitrogens is 3. The Morgan fingerprint density at radius 2 is 2.12 bits per heavy atom. The van der Waals surface area contributed by atoms with Crippen LogP contribution in [0.15, 0.2) is 36.5 Å². The summed E-state index contributed by atoms with van der Waals surface area (Å²) in [6.07, 6.45) is 1.74. The zero-order chi connectivity index (χ0) is 17.1. The van der Waals surface area contributed by atoms with E-state index >= 15 is 0 Å². The van der Waals surface area contributed by atoms with E-state index in [1.54, 1.807) is 12.3 Å². The highest BCUT2D eigenvalue weighted by molar-refractivity contribution is 5.82. The molecule has 8 nitrogen and oxygen atoms in total. The zero-order valence-electron chi connectivity index (χ0n) is 13.4. The van der Waals surface area contributed by atoms with Gasteiger partial charge in [-0.15, -0.1) is 0 Å². The van der Waals surface area contributed by atoms with Crippen molar-refractivity contribution >= 4 is 33.9 Å². The Balaban J connectivity index is 1.86. The van der Waals surface area contributed by atoms with Gasteiger partial charge in [-0.05, 0) is 30.2 Å². The Morgan fingerprint density at radius 1 is 1.29 bits per heavy atom. The minimum Gasteiger partial charge on any atom is -0.364 e. The Morgan fingerprint density at radius 3 is 2.88 bits per heavy atom. The lowest BCUT2D eigenvalue weighted by Gasteiger charge is -2.11. The molecule has 0 aliphatic carbocycles. The summed E-state index contributed by atoms with van der Waals surface area (Å²) in [7, 11) is 0. The number of anilines is 3. The second kappa shape index (κ2) is 6.53. The van der Waals surface area contributed by atoms with E-state index in [4.69, 9.17) is 0 Å². The van der Waals surface area contributed by atoms with Crippen molar-refractivity contribution in [3.8, 4) is 0 Å². The molecule has 0 saturated heterocycles. The average Bonchev–Trinajstić information content (AvgIpc) is 3.00. The van der Waals surface area contributed by atoms with Crippen LogP contribution in [-0.2, 0) is 0 Å². The monoisotopic (exact) mass is 326 g/mol. The number of nitrogens with one attached hydrogen (secondary N) is 3. The first-order valence-corrected chi connectivity index (χ1v) is 7.62. The van der Waals surface area contributed by atoms with Gasteiger partial charge in [0, 0.05) is 23.7 Å². The van der Waals surface area contributed by atoms with Crippen molar-refractivity contribution in [2.45, 2.75) is 13.8 Å². The fraction of sp³-hybridized carbons (Fsp3) is 0.250. The summed E-state index contributed by atoms with van der Waals surface area (Å²) in [5.41, 5.74) is 1.74. The first-order chi connectivity index (χ1) is 11.5. The van der Waals surface area contributed by atoms with E-state index in [9.17, 15) is 10.1 Å². The standard InChI is InChI=1S/C16H18N6O2/c1-10(2)8-17-16-14(22(23)24)5-6-15(20-16)19-12-3-4-13-11(7-12)9-18-21-13/h3-7,9-10H,8H2,1-2H3,(H,18,21)(H2,17,19,20). The van der Waals surface area contributed by atoms with Crippen molar-refractivity contribution in [2.24, 2.45) is 5.92 Å². The third-order valence-electron chi connectivity index (χ3n) is 3.46. The van der Waals surface area contributed by atoms with E-state index < -0.39 is 4.92 Å². The molecule has 0 unspecified atom stereocenters. The third kappa shape index (κ3) is 3.43. The summed E-state index contributed by atoms with van der Waals surface area (Å²) >= 11 is 0. The molecule has 124 valence electrons. The van der Waals surface area contributed by atoms with Gasteiger partial charge >= 0.3 is 5.69 Å². The van der Waals surface area contributed by atoms with Crippen LogP contribution in [0, 0.1) is 16.0 Å².